The van der Waals surface area contributed by atoms with Crippen LogP contribution in [0.3, 0.4) is 0 Å². The highest BCUT2D eigenvalue weighted by Crippen LogP contribution is 2.39. The van der Waals surface area contributed by atoms with Gasteiger partial charge in [-0.05, 0) is 37.8 Å². The molecule has 0 saturated carbocycles. The Bertz CT molecular complexity index is 237. The third-order valence-corrected chi connectivity index (χ3v) is 3.66. The predicted octanol–water partition coefficient (Wildman–Crippen LogP) is -0.0291. The molecule has 0 unspecified atom stereocenters. The highest BCUT2D eigenvalue weighted by atomic mass is 16.3. The first kappa shape index (κ1) is 10.9. The van der Waals surface area contributed by atoms with Crippen LogP contribution in [0.15, 0.2) is 0 Å². The van der Waals surface area contributed by atoms with E-state index < -0.39 is 0 Å². The van der Waals surface area contributed by atoms with Crippen LogP contribution < -0.4 is 5.32 Å². The van der Waals surface area contributed by atoms with E-state index in [-0.39, 0.29) is 17.9 Å². The van der Waals surface area contributed by atoms with Gasteiger partial charge < -0.3 is 15.3 Å². The van der Waals surface area contributed by atoms with E-state index in [1.807, 2.05) is 4.90 Å². The van der Waals surface area contributed by atoms with E-state index in [0.29, 0.717) is 6.42 Å². The fourth-order valence-corrected chi connectivity index (χ4v) is 2.74. The van der Waals surface area contributed by atoms with Crippen LogP contribution in [-0.2, 0) is 4.79 Å². The lowest BCUT2D eigenvalue weighted by Crippen LogP contribution is -2.38. The van der Waals surface area contributed by atoms with Crippen molar-refractivity contribution in [2.24, 2.45) is 5.41 Å². The molecule has 4 heteroatoms. The van der Waals surface area contributed by atoms with Crippen molar-refractivity contribution in [1.82, 2.24) is 10.2 Å². The van der Waals surface area contributed by atoms with Gasteiger partial charge in [-0.2, -0.15) is 0 Å². The number of hydrogen-bond acceptors (Lipinski definition) is 3. The van der Waals surface area contributed by atoms with Crippen LogP contribution in [0.25, 0.3) is 0 Å². The van der Waals surface area contributed by atoms with Gasteiger partial charge in [0.15, 0.2) is 0 Å². The molecule has 0 atom stereocenters. The Balaban J connectivity index is 1.92. The average molecular weight is 212 g/mol. The van der Waals surface area contributed by atoms with Gasteiger partial charge in [0.05, 0.1) is 0 Å². The van der Waals surface area contributed by atoms with Crippen LogP contribution >= 0.6 is 0 Å². The second kappa shape index (κ2) is 4.49. The third-order valence-electron chi connectivity index (χ3n) is 3.66. The van der Waals surface area contributed by atoms with E-state index in [9.17, 15) is 4.79 Å². The molecule has 86 valence electrons. The Morgan fingerprint density at radius 3 is 2.80 bits per heavy atom. The molecule has 1 amide bonds. The summed E-state index contributed by atoms with van der Waals surface area (Å²) in [5.41, 5.74) is 0.248. The van der Waals surface area contributed by atoms with E-state index in [1.54, 1.807) is 0 Å². The molecule has 2 aliphatic rings. The highest BCUT2D eigenvalue weighted by Gasteiger charge is 2.43. The van der Waals surface area contributed by atoms with E-state index in [4.69, 9.17) is 5.11 Å². The molecule has 0 radical (unpaired) electrons. The normalized spacial score (nSPS) is 25.1. The number of rotatable bonds is 3. The number of likely N-dealkylation sites (tertiary alicyclic amines) is 1. The fraction of sp³-hybridized carbons (Fsp3) is 0.909. The maximum absolute atomic E-state index is 11.8. The van der Waals surface area contributed by atoms with Gasteiger partial charge in [-0.1, -0.05) is 0 Å². The number of hydrogen-bond donors (Lipinski definition) is 2. The molecule has 0 aliphatic carbocycles. The van der Waals surface area contributed by atoms with Crippen LogP contribution in [0.4, 0.5) is 0 Å². The molecule has 0 bridgehead atoms. The van der Waals surface area contributed by atoms with Gasteiger partial charge in [-0.3, -0.25) is 4.79 Å². The third kappa shape index (κ3) is 2.32. The van der Waals surface area contributed by atoms with Gasteiger partial charge in [-0.15, -0.1) is 0 Å². The van der Waals surface area contributed by atoms with Crippen molar-refractivity contribution in [3.8, 4) is 0 Å². The van der Waals surface area contributed by atoms with Crippen molar-refractivity contribution in [2.45, 2.75) is 25.7 Å². The smallest absolute Gasteiger partial charge is 0.223 e. The summed E-state index contributed by atoms with van der Waals surface area (Å²) in [6, 6.07) is 0. The first-order chi connectivity index (χ1) is 7.26. The van der Waals surface area contributed by atoms with Gasteiger partial charge in [0.2, 0.25) is 5.91 Å². The molecule has 0 aromatic heterocycles. The van der Waals surface area contributed by atoms with Crippen LogP contribution in [0.2, 0.25) is 0 Å². The number of amides is 1. The van der Waals surface area contributed by atoms with Gasteiger partial charge in [0.25, 0.3) is 0 Å². The van der Waals surface area contributed by atoms with Gasteiger partial charge in [-0.25, -0.2) is 0 Å². The SMILES string of the molecule is O=C1CC2(CCNCC2)CN1CCCO. The molecule has 2 rings (SSSR count). The maximum Gasteiger partial charge on any atom is 0.223 e. The Morgan fingerprint density at radius 1 is 1.40 bits per heavy atom. The monoisotopic (exact) mass is 212 g/mol. The Labute approximate surface area is 90.6 Å². The minimum atomic E-state index is 0.179. The zero-order valence-electron chi connectivity index (χ0n) is 9.17. The summed E-state index contributed by atoms with van der Waals surface area (Å²) in [5.74, 6) is 0.283. The zero-order chi connectivity index (χ0) is 10.7. The molecule has 0 aromatic rings. The fourth-order valence-electron chi connectivity index (χ4n) is 2.74. The largest absolute Gasteiger partial charge is 0.396 e. The topological polar surface area (TPSA) is 52.6 Å². The minimum Gasteiger partial charge on any atom is -0.396 e. The molecule has 0 aromatic carbocycles. The molecule has 1 spiro atoms. The predicted molar refractivity (Wildman–Crippen MR) is 57.4 cm³/mol. The second-order valence-corrected chi connectivity index (χ2v) is 4.82. The average Bonchev–Trinajstić information content (AvgIpc) is 2.53. The van der Waals surface area contributed by atoms with E-state index in [1.165, 1.54) is 0 Å². The second-order valence-electron chi connectivity index (χ2n) is 4.82. The van der Waals surface area contributed by atoms with Gasteiger partial charge in [0.1, 0.15) is 0 Å². The number of aliphatic hydroxyl groups excluding tert-OH is 1. The van der Waals surface area contributed by atoms with Gasteiger partial charge in [0, 0.05) is 26.1 Å². The molecule has 15 heavy (non-hydrogen) atoms. The van der Waals surface area contributed by atoms with Gasteiger partial charge >= 0.3 is 0 Å². The molecule has 2 N–H and O–H groups in total. The lowest BCUT2D eigenvalue weighted by Gasteiger charge is -2.33. The van der Waals surface area contributed by atoms with Crippen molar-refractivity contribution in [2.75, 3.05) is 32.8 Å². The Hall–Kier alpha value is -0.610. The van der Waals surface area contributed by atoms with E-state index in [0.717, 1.165) is 45.4 Å². The summed E-state index contributed by atoms with van der Waals surface area (Å²) in [4.78, 5) is 13.7. The number of carbonyl (C=O) groups excluding carboxylic acids is 1. The highest BCUT2D eigenvalue weighted by molar-refractivity contribution is 5.79. The quantitative estimate of drug-likeness (QED) is 0.691. The zero-order valence-corrected chi connectivity index (χ0v) is 9.17. The van der Waals surface area contributed by atoms with Crippen molar-refractivity contribution in [1.29, 1.82) is 0 Å². The molecule has 4 nitrogen and oxygen atoms in total. The van der Waals surface area contributed by atoms with Crippen LogP contribution in [-0.4, -0.2) is 48.7 Å². The van der Waals surface area contributed by atoms with Crippen LogP contribution in [0.5, 0.6) is 0 Å². The number of piperidine rings is 1. The minimum absolute atomic E-state index is 0.179. The number of nitrogens with zero attached hydrogens (tertiary/aromatic N) is 1. The van der Waals surface area contributed by atoms with Crippen molar-refractivity contribution in [3.05, 3.63) is 0 Å². The van der Waals surface area contributed by atoms with Crippen molar-refractivity contribution < 1.29 is 9.90 Å². The Morgan fingerprint density at radius 2 is 2.13 bits per heavy atom. The molecule has 2 saturated heterocycles. The van der Waals surface area contributed by atoms with Crippen molar-refractivity contribution >= 4 is 5.91 Å². The molecular formula is C11H20N2O2. The number of nitrogens with one attached hydrogen (secondary N) is 1. The first-order valence-corrected chi connectivity index (χ1v) is 5.85. The summed E-state index contributed by atoms with van der Waals surface area (Å²) in [6.07, 6.45) is 3.67. The molecular weight excluding hydrogens is 192 g/mol. The summed E-state index contributed by atoms with van der Waals surface area (Å²) in [6.45, 7) is 3.90. The summed E-state index contributed by atoms with van der Waals surface area (Å²) in [5, 5.41) is 12.1. The summed E-state index contributed by atoms with van der Waals surface area (Å²) in [7, 11) is 0. The van der Waals surface area contributed by atoms with Crippen LogP contribution in [0, 0.1) is 5.41 Å². The van der Waals surface area contributed by atoms with Crippen molar-refractivity contribution in [3.63, 3.8) is 0 Å². The Kier molecular flexibility index (Phi) is 3.26. The van der Waals surface area contributed by atoms with E-state index in [2.05, 4.69) is 5.32 Å². The number of aliphatic hydroxyl groups is 1. The standard InChI is InChI=1S/C11H20N2O2/c14-7-1-6-13-9-11(8-10(13)15)2-4-12-5-3-11/h12,14H,1-9H2. The van der Waals surface area contributed by atoms with E-state index >= 15 is 0 Å². The molecule has 2 fully saturated rings. The lowest BCUT2D eigenvalue weighted by atomic mass is 9.78. The summed E-state index contributed by atoms with van der Waals surface area (Å²) >= 11 is 0. The molecule has 2 aliphatic heterocycles. The maximum atomic E-state index is 11.8. The first-order valence-electron chi connectivity index (χ1n) is 5.85. The summed E-state index contributed by atoms with van der Waals surface area (Å²) < 4.78 is 0. The number of carbonyl (C=O) groups is 1. The lowest BCUT2D eigenvalue weighted by molar-refractivity contribution is -0.127. The van der Waals surface area contributed by atoms with Crippen LogP contribution in [0.1, 0.15) is 25.7 Å². The molecule has 2 heterocycles.